The summed E-state index contributed by atoms with van der Waals surface area (Å²) in [5, 5.41) is 16.9. The highest BCUT2D eigenvalue weighted by atomic mass is 16.3. The van der Waals surface area contributed by atoms with E-state index in [4.69, 9.17) is 22.1 Å². The van der Waals surface area contributed by atoms with Crippen LogP contribution in [0, 0.1) is 0 Å². The monoisotopic (exact) mass is 1910 g/mol. The second-order valence-corrected chi connectivity index (χ2v) is 35.8. The average molecular weight is 1910 g/mol. The normalized spacial score (nSPS) is 11.0. The molecule has 706 valence electrons. The summed E-state index contributed by atoms with van der Waals surface area (Å²) in [5.74, 6) is 4.38. The van der Waals surface area contributed by atoms with Crippen LogP contribution >= 0.6 is 0 Å². The molecule has 0 aliphatic rings. The summed E-state index contributed by atoms with van der Waals surface area (Å²) < 4.78 is 28.3. The maximum absolute atomic E-state index is 5.89. The van der Waals surface area contributed by atoms with Gasteiger partial charge in [-0.25, -0.2) is 0 Å². The first-order chi connectivity index (χ1) is 73.5. The van der Waals surface area contributed by atoms with Gasteiger partial charge in [0.2, 0.25) is 0 Å². The molecule has 10 heteroatoms. The van der Waals surface area contributed by atoms with Gasteiger partial charge >= 0.3 is 0 Å². The molecule has 0 amide bonds. The molecular formula is C138H99N5O5. The van der Waals surface area contributed by atoms with Gasteiger partial charge in [-0.2, -0.15) is 0 Å². The zero-order valence-corrected chi connectivity index (χ0v) is 80.9. The van der Waals surface area contributed by atoms with E-state index in [1.165, 1.54) is 92.5 Å². The van der Waals surface area contributed by atoms with Crippen molar-refractivity contribution >= 4 is 161 Å². The Morgan fingerprint density at radius 2 is 0.372 bits per heavy atom. The van der Waals surface area contributed by atoms with Gasteiger partial charge in [-0.1, -0.05) is 340 Å². The molecule has 27 aromatic rings. The fourth-order valence-corrected chi connectivity index (χ4v) is 20.0. The molecule has 5 heterocycles. The van der Waals surface area contributed by atoms with E-state index < -0.39 is 0 Å². The molecule has 0 atom stereocenters. The van der Waals surface area contributed by atoms with Gasteiger partial charge in [0.05, 0.1) is 54.1 Å². The lowest BCUT2D eigenvalue weighted by atomic mass is 9.92. The highest BCUT2D eigenvalue weighted by Crippen LogP contribution is 2.52. The third kappa shape index (κ3) is 19.5. The first-order valence-corrected chi connectivity index (χ1v) is 49.7. The van der Waals surface area contributed by atoms with Gasteiger partial charge in [-0.3, -0.25) is 0 Å². The Morgan fingerprint density at radius 1 is 0.122 bits per heavy atom. The van der Waals surface area contributed by atoms with Gasteiger partial charge in [0.25, 0.3) is 0 Å². The smallest absolute Gasteiger partial charge is 0.135 e. The van der Waals surface area contributed by atoms with E-state index in [-0.39, 0.29) is 0 Å². The molecule has 0 aliphatic carbocycles. The lowest BCUT2D eigenvalue weighted by molar-refractivity contribution is 0.582. The largest absolute Gasteiger partial charge is 0.464 e. The Bertz CT molecular complexity index is 8780. The van der Waals surface area contributed by atoms with Gasteiger partial charge in [0.15, 0.2) is 0 Å². The van der Waals surface area contributed by atoms with Gasteiger partial charge in [-0.15, -0.1) is 0 Å². The summed E-state index contributed by atoms with van der Waals surface area (Å²) >= 11 is 0. The van der Waals surface area contributed by atoms with Gasteiger partial charge < -0.3 is 46.6 Å². The van der Waals surface area contributed by atoms with Crippen LogP contribution in [0.5, 0.6) is 0 Å². The van der Waals surface area contributed by atoms with Crippen molar-refractivity contribution in [3.63, 3.8) is 0 Å². The predicted molar refractivity (Wildman–Crippen MR) is 617 cm³/mol. The molecule has 148 heavy (non-hydrogen) atoms. The minimum absolute atomic E-state index is 0.868. The van der Waals surface area contributed by atoms with Crippen LogP contribution in [-0.4, -0.2) is 0 Å². The van der Waals surface area contributed by atoms with Crippen LogP contribution in [0.1, 0.15) is 0 Å². The summed E-state index contributed by atoms with van der Waals surface area (Å²) in [6.07, 6.45) is 8.59. The standard InChI is InChI=1S/3C30H21NO.C26H19NO.C22H17NO/c1-3-12-22(13-4-1)31(23-14-5-2-6-15-23)30-26-18-9-7-16-24(26)29(28-20-11-21-32-28)25-17-8-10-19-27(25)30;1-3-11-25(12-4-1)31(26-13-5-2-6-14-26)30-27-15-8-7-10-22(27)20-24-21-23(17-18-28(24)30)29-16-9-19-32-29;1-2-11-25(12-3-1)31(26-18-16-22(17-19-26)29-15-8-20-32-29)30-27-13-6-4-9-23(27)21-24-10-5-7-14-28(24)30;1-2-12-22(13-3-1)27(25-16-7-10-20-9-4-5-15-24(20)25)23-14-6-11-21(19-23)26-17-8-18-28-26;1-3-10-19(11-4-1)23(20-12-5-2-6-13-20)21-14-7-9-18(17-21)22-15-8-16-24-22/h3*1-21H;1-19H;1-17H. The van der Waals surface area contributed by atoms with Gasteiger partial charge in [0.1, 0.15) is 28.8 Å². The highest BCUT2D eigenvalue weighted by Gasteiger charge is 2.27. The van der Waals surface area contributed by atoms with Crippen LogP contribution in [0.4, 0.5) is 85.3 Å². The fourth-order valence-electron chi connectivity index (χ4n) is 20.0. The molecular weight excluding hydrogens is 1810 g/mol. The molecule has 0 unspecified atom stereocenters. The number of anilines is 15. The second kappa shape index (κ2) is 43.3. The lowest BCUT2D eigenvalue weighted by Crippen LogP contribution is -2.11. The van der Waals surface area contributed by atoms with Crippen molar-refractivity contribution in [3.8, 4) is 56.6 Å². The average Bonchev–Trinajstić information content (AvgIpc) is 1.24. The Kier molecular flexibility index (Phi) is 26.8. The molecule has 0 spiro atoms. The maximum Gasteiger partial charge on any atom is 0.135 e. The van der Waals surface area contributed by atoms with Crippen molar-refractivity contribution in [3.05, 3.63) is 602 Å². The van der Waals surface area contributed by atoms with Crippen molar-refractivity contribution in [1.82, 2.24) is 0 Å². The number of fused-ring (bicyclic) bond motifs is 7. The lowest BCUT2D eigenvalue weighted by Gasteiger charge is -2.29. The van der Waals surface area contributed by atoms with Crippen molar-refractivity contribution < 1.29 is 22.1 Å². The van der Waals surface area contributed by atoms with E-state index in [1.54, 1.807) is 31.3 Å². The van der Waals surface area contributed by atoms with E-state index in [0.29, 0.717) is 0 Å². The van der Waals surface area contributed by atoms with E-state index in [0.717, 1.165) is 125 Å². The Morgan fingerprint density at radius 3 is 0.743 bits per heavy atom. The number of furan rings is 5. The second-order valence-electron chi connectivity index (χ2n) is 35.8. The zero-order valence-electron chi connectivity index (χ0n) is 80.9. The molecule has 0 bridgehead atoms. The minimum Gasteiger partial charge on any atom is -0.464 e. The summed E-state index contributed by atoms with van der Waals surface area (Å²) in [4.78, 5) is 11.6. The molecule has 0 N–H and O–H groups in total. The van der Waals surface area contributed by atoms with Crippen LogP contribution in [-0.2, 0) is 0 Å². The topological polar surface area (TPSA) is 81.9 Å². The number of hydrogen-bond acceptors (Lipinski definition) is 10. The van der Waals surface area contributed by atoms with E-state index in [2.05, 4.69) is 516 Å². The Balaban J connectivity index is 0.000000102. The first-order valence-electron chi connectivity index (χ1n) is 49.7. The van der Waals surface area contributed by atoms with Crippen molar-refractivity contribution in [2.45, 2.75) is 0 Å². The first kappa shape index (κ1) is 91.8. The molecule has 5 aromatic heterocycles. The third-order valence-corrected chi connectivity index (χ3v) is 26.6. The quantitative estimate of drug-likeness (QED) is 0.0688. The molecule has 27 rings (SSSR count). The highest BCUT2D eigenvalue weighted by molar-refractivity contribution is 6.22. The molecule has 10 nitrogen and oxygen atoms in total. The number of para-hydroxylation sites is 8. The molecule has 0 saturated heterocycles. The van der Waals surface area contributed by atoms with E-state index in [1.807, 2.05) is 78.9 Å². The van der Waals surface area contributed by atoms with Crippen LogP contribution < -0.4 is 24.5 Å². The number of benzene rings is 22. The summed E-state index contributed by atoms with van der Waals surface area (Å²) in [6, 6.07) is 198. The van der Waals surface area contributed by atoms with Gasteiger partial charge in [0, 0.05) is 128 Å². The Labute approximate surface area is 859 Å². The molecule has 0 radical (unpaired) electrons. The number of nitrogens with zero attached hydrogens (tertiary/aromatic N) is 5. The maximum atomic E-state index is 5.89. The van der Waals surface area contributed by atoms with Crippen molar-refractivity contribution in [2.24, 2.45) is 0 Å². The van der Waals surface area contributed by atoms with Crippen LogP contribution in [0.15, 0.2) is 624 Å². The van der Waals surface area contributed by atoms with Gasteiger partial charge in [-0.05, 0) is 268 Å². The van der Waals surface area contributed by atoms with Crippen molar-refractivity contribution in [2.75, 3.05) is 24.5 Å². The summed E-state index contributed by atoms with van der Waals surface area (Å²) in [5.41, 5.74) is 22.4. The van der Waals surface area contributed by atoms with E-state index >= 15 is 0 Å². The zero-order chi connectivity index (χ0) is 98.9. The van der Waals surface area contributed by atoms with Crippen molar-refractivity contribution in [1.29, 1.82) is 0 Å². The molecule has 0 saturated carbocycles. The van der Waals surface area contributed by atoms with Crippen LogP contribution in [0.3, 0.4) is 0 Å². The molecule has 22 aromatic carbocycles. The summed E-state index contributed by atoms with van der Waals surface area (Å²) in [6.45, 7) is 0. The number of rotatable bonds is 20. The molecule has 0 aliphatic heterocycles. The van der Waals surface area contributed by atoms with Crippen LogP contribution in [0.25, 0.3) is 132 Å². The third-order valence-electron chi connectivity index (χ3n) is 26.6. The Hall–Kier alpha value is -19.9. The SMILES string of the molecule is c1ccc(N(c2ccc(-c3ccco3)cc2)c2c3ccccc3cc3ccccc23)cc1.c1ccc(N(c2cccc(-c3ccco3)c2)c2cccc3ccccc23)cc1.c1ccc(N(c2ccccc2)c2c3ccccc3c(-c3ccco3)c3ccccc23)cc1.c1ccc(N(c2ccccc2)c2c3ccccc3cc3cc(-c4ccco4)ccc23)cc1.c1ccc(N(c2ccccc2)c2cccc(-c3ccco3)c2)cc1. The van der Waals surface area contributed by atoms with Crippen LogP contribution in [0.2, 0.25) is 0 Å². The fraction of sp³-hybridized carbons (Fsp3) is 0. The molecule has 0 fully saturated rings. The summed E-state index contributed by atoms with van der Waals surface area (Å²) in [7, 11) is 0. The minimum atomic E-state index is 0.868. The predicted octanol–water partition coefficient (Wildman–Crippen LogP) is 40.2. The number of hydrogen-bond donors (Lipinski definition) is 0. The van der Waals surface area contributed by atoms with E-state index in [9.17, 15) is 0 Å².